The summed E-state index contributed by atoms with van der Waals surface area (Å²) in [7, 11) is 0. The summed E-state index contributed by atoms with van der Waals surface area (Å²) in [5.74, 6) is -0.666. The van der Waals surface area contributed by atoms with Crippen LogP contribution in [0.25, 0.3) is 17.4 Å². The highest BCUT2D eigenvalue weighted by Gasteiger charge is 2.34. The zero-order chi connectivity index (χ0) is 24.2. The van der Waals surface area contributed by atoms with E-state index in [1.807, 2.05) is 19.1 Å². The van der Waals surface area contributed by atoms with Crippen molar-refractivity contribution in [2.45, 2.75) is 20.3 Å². The topological polar surface area (TPSA) is 88.9 Å². The zero-order valence-corrected chi connectivity index (χ0v) is 19.5. The van der Waals surface area contributed by atoms with Crippen molar-refractivity contribution in [3.05, 3.63) is 83.1 Å². The number of anilines is 1. The Bertz CT molecular complexity index is 1290. The lowest BCUT2D eigenvalue weighted by Crippen LogP contribution is -2.54. The molecule has 0 spiro atoms. The lowest BCUT2D eigenvalue weighted by molar-refractivity contribution is -0.122. The quantitative estimate of drug-likeness (QED) is 0.245. The van der Waals surface area contributed by atoms with Crippen LogP contribution in [-0.2, 0) is 20.7 Å². The Kier molecular flexibility index (Phi) is 6.70. The highest BCUT2D eigenvalue weighted by molar-refractivity contribution is 7.80. The summed E-state index contributed by atoms with van der Waals surface area (Å²) in [4.78, 5) is 38.8. The van der Waals surface area contributed by atoms with Gasteiger partial charge in [-0.05, 0) is 73.6 Å². The smallest absolute Gasteiger partial charge is 0.338 e. The van der Waals surface area contributed by atoms with E-state index in [1.165, 1.54) is 11.0 Å². The molecular weight excluding hydrogens is 452 g/mol. The number of ether oxygens (including phenoxy) is 1. The molecule has 1 aliphatic heterocycles. The van der Waals surface area contributed by atoms with E-state index in [0.717, 1.165) is 17.5 Å². The minimum absolute atomic E-state index is 0.0261. The van der Waals surface area contributed by atoms with Crippen LogP contribution in [0, 0.1) is 0 Å². The molecule has 0 radical (unpaired) electrons. The minimum atomic E-state index is -0.590. The number of carbonyl (C=O) groups excluding carboxylic acids is 3. The van der Waals surface area contributed by atoms with Gasteiger partial charge in [0.05, 0.1) is 17.9 Å². The summed E-state index contributed by atoms with van der Waals surface area (Å²) in [6.07, 6.45) is 2.26. The van der Waals surface area contributed by atoms with Gasteiger partial charge in [-0.15, -0.1) is 0 Å². The van der Waals surface area contributed by atoms with Gasteiger partial charge in [0.25, 0.3) is 11.8 Å². The molecule has 2 amide bonds. The SMILES string of the molecule is CCOC(=O)c1ccc(-c2ccc(/C=C3\C(=O)NC(=S)N(c4ccc(CC)cc4)C3=O)o2)cc1. The Hall–Kier alpha value is -4.04. The van der Waals surface area contributed by atoms with Crippen molar-refractivity contribution < 1.29 is 23.5 Å². The molecule has 2 aromatic carbocycles. The van der Waals surface area contributed by atoms with E-state index in [9.17, 15) is 14.4 Å². The van der Waals surface area contributed by atoms with E-state index in [-0.39, 0.29) is 10.7 Å². The molecule has 8 heteroatoms. The van der Waals surface area contributed by atoms with Crippen LogP contribution in [-0.4, -0.2) is 29.5 Å². The Morgan fingerprint density at radius 1 is 1.03 bits per heavy atom. The summed E-state index contributed by atoms with van der Waals surface area (Å²) in [5, 5.41) is 2.59. The van der Waals surface area contributed by atoms with Crippen LogP contribution < -0.4 is 10.2 Å². The number of thiocarbonyl (C=S) groups is 1. The first-order valence-corrected chi connectivity index (χ1v) is 11.2. The predicted octanol–water partition coefficient (Wildman–Crippen LogP) is 4.52. The van der Waals surface area contributed by atoms with Crippen molar-refractivity contribution in [3.8, 4) is 11.3 Å². The number of nitrogens with one attached hydrogen (secondary N) is 1. The first-order chi connectivity index (χ1) is 16.4. The fraction of sp³-hybridized carbons (Fsp3) is 0.154. The minimum Gasteiger partial charge on any atom is -0.462 e. The highest BCUT2D eigenvalue weighted by Crippen LogP contribution is 2.26. The molecule has 2 heterocycles. The van der Waals surface area contributed by atoms with E-state index >= 15 is 0 Å². The third-order valence-corrected chi connectivity index (χ3v) is 5.58. The number of aryl methyl sites for hydroxylation is 1. The first kappa shape index (κ1) is 23.1. The molecule has 0 unspecified atom stereocenters. The van der Waals surface area contributed by atoms with Gasteiger partial charge in [0.15, 0.2) is 5.11 Å². The van der Waals surface area contributed by atoms with Crippen LogP contribution in [0.2, 0.25) is 0 Å². The molecule has 7 nitrogen and oxygen atoms in total. The molecule has 3 aromatic rings. The molecule has 0 saturated carbocycles. The van der Waals surface area contributed by atoms with Gasteiger partial charge in [-0.1, -0.05) is 31.2 Å². The van der Waals surface area contributed by atoms with Gasteiger partial charge < -0.3 is 9.15 Å². The van der Waals surface area contributed by atoms with Gasteiger partial charge in [-0.2, -0.15) is 0 Å². The van der Waals surface area contributed by atoms with Gasteiger partial charge in [-0.3, -0.25) is 19.8 Å². The van der Waals surface area contributed by atoms with Crippen molar-refractivity contribution in [1.82, 2.24) is 5.32 Å². The molecular formula is C26H22N2O5S. The second kappa shape index (κ2) is 9.84. The maximum absolute atomic E-state index is 13.2. The average molecular weight is 475 g/mol. The summed E-state index contributed by atoms with van der Waals surface area (Å²) in [6.45, 7) is 4.09. The molecule has 0 aliphatic carbocycles. The number of rotatable bonds is 6. The summed E-state index contributed by atoms with van der Waals surface area (Å²) >= 11 is 5.24. The molecule has 4 rings (SSSR count). The number of carbonyl (C=O) groups is 3. The fourth-order valence-electron chi connectivity index (χ4n) is 3.49. The van der Waals surface area contributed by atoms with E-state index in [0.29, 0.717) is 29.4 Å². The van der Waals surface area contributed by atoms with Crippen LogP contribution >= 0.6 is 12.2 Å². The second-order valence-corrected chi connectivity index (χ2v) is 7.86. The van der Waals surface area contributed by atoms with Gasteiger partial charge in [-0.25, -0.2) is 4.79 Å². The molecule has 0 atom stereocenters. The number of nitrogens with zero attached hydrogens (tertiary/aromatic N) is 1. The third kappa shape index (κ3) is 4.67. The van der Waals surface area contributed by atoms with Gasteiger partial charge in [0, 0.05) is 5.56 Å². The van der Waals surface area contributed by atoms with Crippen molar-refractivity contribution in [2.24, 2.45) is 0 Å². The van der Waals surface area contributed by atoms with Crippen molar-refractivity contribution in [3.63, 3.8) is 0 Å². The maximum Gasteiger partial charge on any atom is 0.338 e. The number of hydrogen-bond donors (Lipinski definition) is 1. The van der Waals surface area contributed by atoms with Gasteiger partial charge in [0.1, 0.15) is 17.1 Å². The lowest BCUT2D eigenvalue weighted by Gasteiger charge is -2.28. The summed E-state index contributed by atoms with van der Waals surface area (Å²) in [5.41, 5.74) is 2.77. The Labute approximate surface area is 202 Å². The van der Waals surface area contributed by atoms with E-state index < -0.39 is 17.8 Å². The normalized spacial score (nSPS) is 14.9. The Balaban J connectivity index is 1.58. The van der Waals surface area contributed by atoms with Crippen molar-refractivity contribution in [1.29, 1.82) is 0 Å². The van der Waals surface area contributed by atoms with Crippen LogP contribution in [0.15, 0.2) is 70.7 Å². The molecule has 1 saturated heterocycles. The van der Waals surface area contributed by atoms with Crippen LogP contribution in [0.3, 0.4) is 0 Å². The number of furan rings is 1. The standard InChI is InChI=1S/C26H22N2O5S/c1-3-16-5-11-19(12-6-16)28-24(30)21(23(29)27-26(28)34)15-20-13-14-22(33-20)17-7-9-18(10-8-17)25(31)32-4-2/h5-15H,3-4H2,1-2H3,(H,27,29,34)/b21-15+. The maximum atomic E-state index is 13.2. The fourth-order valence-corrected chi connectivity index (χ4v) is 3.77. The van der Waals surface area contributed by atoms with E-state index in [2.05, 4.69) is 5.32 Å². The van der Waals surface area contributed by atoms with Gasteiger partial charge >= 0.3 is 5.97 Å². The van der Waals surface area contributed by atoms with Crippen LogP contribution in [0.5, 0.6) is 0 Å². The highest BCUT2D eigenvalue weighted by atomic mass is 32.1. The lowest BCUT2D eigenvalue weighted by atomic mass is 10.1. The van der Waals surface area contributed by atoms with Crippen molar-refractivity contribution >= 4 is 46.9 Å². The number of hydrogen-bond acceptors (Lipinski definition) is 6. The number of esters is 1. The number of amides is 2. The molecule has 34 heavy (non-hydrogen) atoms. The molecule has 1 fully saturated rings. The second-order valence-electron chi connectivity index (χ2n) is 7.48. The number of benzene rings is 2. The van der Waals surface area contributed by atoms with Crippen LogP contribution in [0.4, 0.5) is 5.69 Å². The van der Waals surface area contributed by atoms with Gasteiger partial charge in [0.2, 0.25) is 0 Å². The average Bonchev–Trinajstić information content (AvgIpc) is 3.31. The molecule has 1 aliphatic rings. The molecule has 1 aromatic heterocycles. The summed E-state index contributed by atoms with van der Waals surface area (Å²) in [6, 6.07) is 17.6. The zero-order valence-electron chi connectivity index (χ0n) is 18.7. The van der Waals surface area contributed by atoms with E-state index in [1.54, 1.807) is 55.5 Å². The van der Waals surface area contributed by atoms with E-state index in [4.69, 9.17) is 21.4 Å². The van der Waals surface area contributed by atoms with Crippen molar-refractivity contribution in [2.75, 3.05) is 11.5 Å². The molecule has 0 bridgehead atoms. The Morgan fingerprint density at radius 2 is 1.74 bits per heavy atom. The third-order valence-electron chi connectivity index (χ3n) is 5.30. The first-order valence-electron chi connectivity index (χ1n) is 10.8. The van der Waals surface area contributed by atoms with Crippen LogP contribution in [0.1, 0.15) is 35.5 Å². The summed E-state index contributed by atoms with van der Waals surface area (Å²) < 4.78 is 10.8. The molecule has 1 N–H and O–H groups in total. The molecule has 172 valence electrons. The monoisotopic (exact) mass is 474 g/mol. The Morgan fingerprint density at radius 3 is 2.38 bits per heavy atom. The largest absolute Gasteiger partial charge is 0.462 e. The predicted molar refractivity (Wildman–Crippen MR) is 132 cm³/mol.